The maximum absolute atomic E-state index is 11.1. The van der Waals surface area contributed by atoms with E-state index in [1.54, 1.807) is 13.0 Å². The summed E-state index contributed by atoms with van der Waals surface area (Å²) in [5.74, 6) is 1.09. The SMILES string of the molecule is CCSC1(CN[C@@H](C)c2ccc(C)c([N+](=O)[O-])c2)CCOCC1. The Kier molecular flexibility index (Phi) is 6.44. The number of ether oxygens (including phenoxy) is 1. The van der Waals surface area contributed by atoms with Crippen LogP contribution in [-0.2, 0) is 4.74 Å². The summed E-state index contributed by atoms with van der Waals surface area (Å²) >= 11 is 2.00. The number of thioether (sulfide) groups is 1. The predicted octanol–water partition coefficient (Wildman–Crippen LogP) is 3.86. The molecule has 1 heterocycles. The van der Waals surface area contributed by atoms with Gasteiger partial charge in [-0.15, -0.1) is 0 Å². The first kappa shape index (κ1) is 18.2. The normalized spacial score (nSPS) is 18.6. The van der Waals surface area contributed by atoms with E-state index in [1.807, 2.05) is 23.9 Å². The Morgan fingerprint density at radius 3 is 2.74 bits per heavy atom. The Morgan fingerprint density at radius 2 is 2.13 bits per heavy atom. The predicted molar refractivity (Wildman–Crippen MR) is 95.2 cm³/mol. The zero-order chi connectivity index (χ0) is 16.9. The second-order valence-corrected chi connectivity index (χ2v) is 7.87. The van der Waals surface area contributed by atoms with Gasteiger partial charge in [0, 0.05) is 42.2 Å². The third kappa shape index (κ3) is 4.68. The van der Waals surface area contributed by atoms with Gasteiger partial charge in [-0.3, -0.25) is 10.1 Å². The van der Waals surface area contributed by atoms with Crippen molar-refractivity contribution in [3.8, 4) is 0 Å². The van der Waals surface area contributed by atoms with Gasteiger partial charge in [-0.05, 0) is 38.0 Å². The molecule has 1 saturated heterocycles. The first-order valence-corrected chi connectivity index (χ1v) is 9.16. The van der Waals surface area contributed by atoms with Crippen molar-refractivity contribution in [1.82, 2.24) is 5.32 Å². The first-order valence-electron chi connectivity index (χ1n) is 8.17. The highest BCUT2D eigenvalue weighted by Crippen LogP contribution is 2.35. The van der Waals surface area contributed by atoms with Gasteiger partial charge in [0.05, 0.1) is 4.92 Å². The molecular weight excluding hydrogens is 312 g/mol. The summed E-state index contributed by atoms with van der Waals surface area (Å²) in [6, 6.07) is 5.59. The van der Waals surface area contributed by atoms with Crippen molar-refractivity contribution in [1.29, 1.82) is 0 Å². The van der Waals surface area contributed by atoms with Crippen molar-refractivity contribution in [2.45, 2.75) is 44.4 Å². The molecule has 1 aromatic rings. The number of nitro groups is 1. The van der Waals surface area contributed by atoms with E-state index in [9.17, 15) is 10.1 Å². The zero-order valence-corrected chi connectivity index (χ0v) is 14.9. The van der Waals surface area contributed by atoms with Gasteiger partial charge in [-0.1, -0.05) is 19.1 Å². The van der Waals surface area contributed by atoms with Crippen LogP contribution < -0.4 is 5.32 Å². The third-order valence-electron chi connectivity index (χ3n) is 4.51. The maximum Gasteiger partial charge on any atom is 0.272 e. The van der Waals surface area contributed by atoms with E-state index in [1.165, 1.54) is 0 Å². The Hall–Kier alpha value is -1.11. The molecule has 0 radical (unpaired) electrons. The molecule has 1 N–H and O–H groups in total. The van der Waals surface area contributed by atoms with Crippen LogP contribution in [0.3, 0.4) is 0 Å². The van der Waals surface area contributed by atoms with Crippen LogP contribution in [0.1, 0.15) is 43.9 Å². The van der Waals surface area contributed by atoms with Gasteiger partial charge in [-0.2, -0.15) is 11.8 Å². The van der Waals surface area contributed by atoms with Gasteiger partial charge >= 0.3 is 0 Å². The number of nitro benzene ring substituents is 1. The molecule has 1 aromatic carbocycles. The van der Waals surface area contributed by atoms with Crippen LogP contribution in [0.25, 0.3) is 0 Å². The lowest BCUT2D eigenvalue weighted by Crippen LogP contribution is -2.43. The highest BCUT2D eigenvalue weighted by atomic mass is 32.2. The fourth-order valence-corrected chi connectivity index (χ4v) is 4.22. The largest absolute Gasteiger partial charge is 0.381 e. The molecule has 0 aliphatic carbocycles. The summed E-state index contributed by atoms with van der Waals surface area (Å²) in [7, 11) is 0. The lowest BCUT2D eigenvalue weighted by molar-refractivity contribution is -0.385. The van der Waals surface area contributed by atoms with Gasteiger partial charge in [-0.25, -0.2) is 0 Å². The van der Waals surface area contributed by atoms with Crippen molar-refractivity contribution < 1.29 is 9.66 Å². The quantitative estimate of drug-likeness (QED) is 0.604. The van der Waals surface area contributed by atoms with E-state index in [0.29, 0.717) is 5.56 Å². The molecule has 6 heteroatoms. The number of aryl methyl sites for hydroxylation is 1. The summed E-state index contributed by atoms with van der Waals surface area (Å²) < 4.78 is 5.72. The molecule has 0 unspecified atom stereocenters. The van der Waals surface area contributed by atoms with Crippen LogP contribution >= 0.6 is 11.8 Å². The second-order valence-electron chi connectivity index (χ2n) is 6.13. The first-order chi connectivity index (χ1) is 11.0. The van der Waals surface area contributed by atoms with Crippen molar-refractivity contribution in [2.24, 2.45) is 0 Å². The molecule has 1 atom stereocenters. The minimum Gasteiger partial charge on any atom is -0.381 e. The summed E-state index contributed by atoms with van der Waals surface area (Å²) in [4.78, 5) is 10.8. The molecule has 2 rings (SSSR count). The molecule has 1 fully saturated rings. The number of nitrogens with zero attached hydrogens (tertiary/aromatic N) is 1. The van der Waals surface area contributed by atoms with E-state index in [4.69, 9.17) is 4.74 Å². The lowest BCUT2D eigenvalue weighted by Gasteiger charge is -2.37. The molecule has 0 amide bonds. The number of rotatable bonds is 7. The monoisotopic (exact) mass is 338 g/mol. The molecule has 0 aromatic heterocycles. The summed E-state index contributed by atoms with van der Waals surface area (Å²) in [6.45, 7) is 8.57. The van der Waals surface area contributed by atoms with Gasteiger partial charge in [0.2, 0.25) is 0 Å². The molecule has 5 nitrogen and oxygen atoms in total. The van der Waals surface area contributed by atoms with Crippen LogP contribution in [0.5, 0.6) is 0 Å². The van der Waals surface area contributed by atoms with Crippen LogP contribution in [0.4, 0.5) is 5.69 Å². The van der Waals surface area contributed by atoms with E-state index in [-0.39, 0.29) is 21.4 Å². The van der Waals surface area contributed by atoms with Crippen molar-refractivity contribution in [2.75, 3.05) is 25.5 Å². The summed E-state index contributed by atoms with van der Waals surface area (Å²) in [6.07, 6.45) is 2.11. The molecule has 1 aliphatic rings. The summed E-state index contributed by atoms with van der Waals surface area (Å²) in [5, 5.41) is 14.7. The fraction of sp³-hybridized carbons (Fsp3) is 0.647. The molecule has 0 spiro atoms. The zero-order valence-electron chi connectivity index (χ0n) is 14.1. The maximum atomic E-state index is 11.1. The average molecular weight is 338 g/mol. The minimum absolute atomic E-state index is 0.0893. The summed E-state index contributed by atoms with van der Waals surface area (Å²) in [5.41, 5.74) is 1.86. The number of nitrogens with one attached hydrogen (secondary N) is 1. The Morgan fingerprint density at radius 1 is 1.43 bits per heavy atom. The van der Waals surface area contributed by atoms with E-state index in [0.717, 1.165) is 43.9 Å². The van der Waals surface area contributed by atoms with Crippen LogP contribution in [0.15, 0.2) is 18.2 Å². The number of hydrogen-bond donors (Lipinski definition) is 1. The second kappa shape index (κ2) is 8.13. The van der Waals surface area contributed by atoms with Crippen molar-refractivity contribution in [3.05, 3.63) is 39.4 Å². The fourth-order valence-electron chi connectivity index (χ4n) is 2.97. The number of benzene rings is 1. The Labute approximate surface area is 142 Å². The average Bonchev–Trinajstić information content (AvgIpc) is 2.54. The van der Waals surface area contributed by atoms with Crippen molar-refractivity contribution in [3.63, 3.8) is 0 Å². The highest BCUT2D eigenvalue weighted by molar-refractivity contribution is 8.00. The standard InChI is InChI=1S/C17H26N2O3S/c1-4-23-17(7-9-22-10-8-17)12-18-14(3)15-6-5-13(2)16(11-15)19(20)21/h5-6,11,14,18H,4,7-10,12H2,1-3H3/t14-/m0/s1. The van der Waals surface area contributed by atoms with E-state index < -0.39 is 0 Å². The smallest absolute Gasteiger partial charge is 0.272 e. The minimum atomic E-state index is -0.307. The molecule has 1 aliphatic heterocycles. The Balaban J connectivity index is 2.04. The van der Waals surface area contributed by atoms with E-state index >= 15 is 0 Å². The van der Waals surface area contributed by atoms with Crippen LogP contribution in [-0.4, -0.2) is 35.2 Å². The van der Waals surface area contributed by atoms with Crippen molar-refractivity contribution >= 4 is 17.4 Å². The number of hydrogen-bond acceptors (Lipinski definition) is 5. The van der Waals surface area contributed by atoms with Gasteiger partial charge in [0.15, 0.2) is 0 Å². The highest BCUT2D eigenvalue weighted by Gasteiger charge is 2.32. The molecule has 23 heavy (non-hydrogen) atoms. The molecule has 0 saturated carbocycles. The van der Waals surface area contributed by atoms with Gasteiger partial charge in [0.1, 0.15) is 0 Å². The van der Waals surface area contributed by atoms with E-state index in [2.05, 4.69) is 19.2 Å². The lowest BCUT2D eigenvalue weighted by atomic mass is 9.97. The topological polar surface area (TPSA) is 64.4 Å². The molecular formula is C17H26N2O3S. The van der Waals surface area contributed by atoms with Crippen LogP contribution in [0, 0.1) is 17.0 Å². The van der Waals surface area contributed by atoms with Gasteiger partial charge in [0.25, 0.3) is 5.69 Å². The molecule has 0 bridgehead atoms. The van der Waals surface area contributed by atoms with Gasteiger partial charge < -0.3 is 10.1 Å². The third-order valence-corrected chi connectivity index (χ3v) is 5.97. The van der Waals surface area contributed by atoms with Crippen LogP contribution in [0.2, 0.25) is 0 Å². The molecule has 128 valence electrons. The Bertz CT molecular complexity index is 539.